The Bertz CT molecular complexity index is 395. The monoisotopic (exact) mass is 285 g/mol. The molecule has 0 fully saturated rings. The van der Waals surface area contributed by atoms with E-state index in [0.717, 1.165) is 23.5 Å². The van der Waals surface area contributed by atoms with Gasteiger partial charge in [0.05, 0.1) is 10.7 Å². The number of aryl methyl sites for hydroxylation is 1. The molecule has 0 aliphatic carbocycles. The summed E-state index contributed by atoms with van der Waals surface area (Å²) in [6, 6.07) is -0.241. The van der Waals surface area contributed by atoms with E-state index in [9.17, 15) is 4.79 Å². The zero-order valence-corrected chi connectivity index (χ0v) is 12.6. The molecule has 5 nitrogen and oxygen atoms in total. The van der Waals surface area contributed by atoms with E-state index in [0.29, 0.717) is 6.54 Å². The summed E-state index contributed by atoms with van der Waals surface area (Å²) in [6.45, 7) is 6.50. The predicted octanol–water partition coefficient (Wildman–Crippen LogP) is 1.56. The summed E-state index contributed by atoms with van der Waals surface area (Å²) < 4.78 is 0. The number of carbonyl (C=O) groups is 1. The van der Waals surface area contributed by atoms with Gasteiger partial charge in [-0.05, 0) is 19.3 Å². The van der Waals surface area contributed by atoms with Crippen LogP contribution in [0.15, 0.2) is 5.38 Å². The Labute approximate surface area is 118 Å². The van der Waals surface area contributed by atoms with Gasteiger partial charge in [0.25, 0.3) is 0 Å². The number of thiazole rings is 1. The highest BCUT2D eigenvalue weighted by molar-refractivity contribution is 7.09. The van der Waals surface area contributed by atoms with E-state index in [4.69, 9.17) is 5.11 Å². The Kier molecular flexibility index (Phi) is 6.80. The molecule has 0 spiro atoms. The van der Waals surface area contributed by atoms with Crippen molar-refractivity contribution in [2.75, 3.05) is 13.2 Å². The largest absolute Gasteiger partial charge is 0.396 e. The normalized spacial score (nSPS) is 13.9. The Morgan fingerprint density at radius 1 is 1.53 bits per heavy atom. The number of carbonyl (C=O) groups excluding carboxylic acids is 1. The van der Waals surface area contributed by atoms with Crippen LogP contribution < -0.4 is 10.6 Å². The first-order valence-corrected chi connectivity index (χ1v) is 7.53. The molecule has 1 aromatic heterocycles. The van der Waals surface area contributed by atoms with Crippen LogP contribution >= 0.6 is 11.3 Å². The molecule has 19 heavy (non-hydrogen) atoms. The minimum Gasteiger partial charge on any atom is -0.396 e. The van der Waals surface area contributed by atoms with Crippen molar-refractivity contribution in [3.05, 3.63) is 16.1 Å². The molecule has 3 N–H and O–H groups in total. The molecule has 2 unspecified atom stereocenters. The first kappa shape index (κ1) is 15.9. The fourth-order valence-electron chi connectivity index (χ4n) is 1.49. The van der Waals surface area contributed by atoms with Gasteiger partial charge in [-0.3, -0.25) is 0 Å². The highest BCUT2D eigenvalue weighted by Gasteiger charge is 2.13. The lowest BCUT2D eigenvalue weighted by Gasteiger charge is -2.19. The molecule has 0 saturated carbocycles. The van der Waals surface area contributed by atoms with Gasteiger partial charge in [0.15, 0.2) is 0 Å². The molecule has 0 aromatic carbocycles. The van der Waals surface area contributed by atoms with Crippen molar-refractivity contribution < 1.29 is 9.90 Å². The van der Waals surface area contributed by atoms with Crippen LogP contribution in [-0.4, -0.2) is 35.3 Å². The molecule has 1 aromatic rings. The Hall–Kier alpha value is -1.14. The van der Waals surface area contributed by atoms with Crippen LogP contribution in [0.5, 0.6) is 0 Å². The molecule has 0 bridgehead atoms. The highest BCUT2D eigenvalue weighted by atomic mass is 32.1. The second kappa shape index (κ2) is 8.12. The third-order valence-corrected chi connectivity index (χ3v) is 4.11. The number of amides is 2. The molecule has 2 amide bonds. The maximum absolute atomic E-state index is 11.6. The summed E-state index contributed by atoms with van der Waals surface area (Å²) in [5, 5.41) is 17.8. The summed E-state index contributed by atoms with van der Waals surface area (Å²) in [5.41, 5.74) is 1.03. The van der Waals surface area contributed by atoms with Crippen molar-refractivity contribution >= 4 is 17.4 Å². The van der Waals surface area contributed by atoms with E-state index in [1.54, 1.807) is 11.3 Å². The maximum Gasteiger partial charge on any atom is 0.315 e. The minimum absolute atomic E-state index is 0.0454. The van der Waals surface area contributed by atoms with Gasteiger partial charge in [0.2, 0.25) is 0 Å². The molecule has 1 rings (SSSR count). The van der Waals surface area contributed by atoms with E-state index in [2.05, 4.69) is 22.5 Å². The fourth-order valence-corrected chi connectivity index (χ4v) is 2.27. The van der Waals surface area contributed by atoms with E-state index in [1.807, 2.05) is 19.2 Å². The Morgan fingerprint density at radius 2 is 2.26 bits per heavy atom. The molecule has 1 heterocycles. The van der Waals surface area contributed by atoms with E-state index in [-0.39, 0.29) is 24.6 Å². The first-order chi connectivity index (χ1) is 9.06. The van der Waals surface area contributed by atoms with Crippen LogP contribution in [0.1, 0.15) is 31.5 Å². The van der Waals surface area contributed by atoms with Crippen molar-refractivity contribution in [2.45, 2.75) is 39.7 Å². The van der Waals surface area contributed by atoms with Crippen molar-refractivity contribution in [2.24, 2.45) is 5.92 Å². The van der Waals surface area contributed by atoms with Crippen molar-refractivity contribution in [1.82, 2.24) is 15.6 Å². The number of aromatic nitrogens is 1. The third kappa shape index (κ3) is 5.57. The smallest absolute Gasteiger partial charge is 0.315 e. The summed E-state index contributed by atoms with van der Waals surface area (Å²) in [7, 11) is 0. The van der Waals surface area contributed by atoms with Crippen molar-refractivity contribution in [3.8, 4) is 0 Å². The number of aliphatic hydroxyl groups is 1. The van der Waals surface area contributed by atoms with Gasteiger partial charge in [-0.25, -0.2) is 9.78 Å². The van der Waals surface area contributed by atoms with Crippen molar-refractivity contribution in [3.63, 3.8) is 0 Å². The van der Waals surface area contributed by atoms with Gasteiger partial charge in [0, 0.05) is 31.0 Å². The average Bonchev–Trinajstić information content (AvgIpc) is 2.85. The third-order valence-electron chi connectivity index (χ3n) is 3.07. The number of nitrogens with zero attached hydrogens (tertiary/aromatic N) is 1. The Morgan fingerprint density at radius 3 is 2.84 bits per heavy atom. The van der Waals surface area contributed by atoms with Gasteiger partial charge >= 0.3 is 6.03 Å². The number of aliphatic hydroxyl groups excluding tert-OH is 1. The summed E-state index contributed by atoms with van der Waals surface area (Å²) in [6.07, 6.45) is 1.70. The van der Waals surface area contributed by atoms with Crippen LogP contribution in [-0.2, 0) is 12.8 Å². The molecule has 0 saturated heterocycles. The number of hydrogen-bond acceptors (Lipinski definition) is 4. The van der Waals surface area contributed by atoms with E-state index >= 15 is 0 Å². The summed E-state index contributed by atoms with van der Waals surface area (Å²) in [4.78, 5) is 16.0. The lowest BCUT2D eigenvalue weighted by Crippen LogP contribution is -2.44. The number of rotatable bonds is 7. The van der Waals surface area contributed by atoms with Crippen LogP contribution in [0.2, 0.25) is 0 Å². The molecule has 6 heteroatoms. The van der Waals surface area contributed by atoms with Crippen LogP contribution in [0.4, 0.5) is 4.79 Å². The van der Waals surface area contributed by atoms with Crippen LogP contribution in [0.25, 0.3) is 0 Å². The zero-order chi connectivity index (χ0) is 14.3. The second-order valence-corrected chi connectivity index (χ2v) is 5.63. The van der Waals surface area contributed by atoms with Gasteiger partial charge in [-0.2, -0.15) is 0 Å². The molecule has 2 atom stereocenters. The van der Waals surface area contributed by atoms with Gasteiger partial charge in [-0.15, -0.1) is 11.3 Å². The molecule has 0 aliphatic heterocycles. The lowest BCUT2D eigenvalue weighted by atomic mass is 10.1. The zero-order valence-electron chi connectivity index (χ0n) is 11.8. The predicted molar refractivity (Wildman–Crippen MR) is 77.4 cm³/mol. The molecular formula is C13H23N3O2S. The standard InChI is InChI=1S/C13H23N3O2S/c1-4-12-16-11(8-19-12)5-6-14-13(18)15-10(3)9(2)7-17/h8-10,17H,4-7H2,1-3H3,(H2,14,15,18). The fraction of sp³-hybridized carbons (Fsp3) is 0.692. The summed E-state index contributed by atoms with van der Waals surface area (Å²) >= 11 is 1.66. The quantitative estimate of drug-likeness (QED) is 0.712. The highest BCUT2D eigenvalue weighted by Crippen LogP contribution is 2.10. The lowest BCUT2D eigenvalue weighted by molar-refractivity contribution is 0.200. The maximum atomic E-state index is 11.6. The van der Waals surface area contributed by atoms with E-state index in [1.165, 1.54) is 0 Å². The minimum atomic E-state index is -0.196. The second-order valence-electron chi connectivity index (χ2n) is 4.68. The van der Waals surface area contributed by atoms with Gasteiger partial charge in [0.1, 0.15) is 0 Å². The molecule has 0 aliphatic rings. The van der Waals surface area contributed by atoms with E-state index < -0.39 is 0 Å². The van der Waals surface area contributed by atoms with Crippen LogP contribution in [0, 0.1) is 5.92 Å². The van der Waals surface area contributed by atoms with Crippen molar-refractivity contribution in [1.29, 1.82) is 0 Å². The molecule has 0 radical (unpaired) electrons. The Balaban J connectivity index is 2.23. The summed E-state index contributed by atoms with van der Waals surface area (Å²) in [5.74, 6) is 0.0522. The molecular weight excluding hydrogens is 262 g/mol. The number of urea groups is 1. The number of hydrogen-bond donors (Lipinski definition) is 3. The number of nitrogens with one attached hydrogen (secondary N) is 2. The SMILES string of the molecule is CCc1nc(CCNC(=O)NC(C)C(C)CO)cs1. The molecule has 108 valence electrons. The topological polar surface area (TPSA) is 74.2 Å². The first-order valence-electron chi connectivity index (χ1n) is 6.65. The van der Waals surface area contributed by atoms with Gasteiger partial charge in [-0.1, -0.05) is 13.8 Å². The van der Waals surface area contributed by atoms with Crippen LogP contribution in [0.3, 0.4) is 0 Å². The van der Waals surface area contributed by atoms with Gasteiger partial charge < -0.3 is 15.7 Å². The average molecular weight is 285 g/mol.